The zero-order chi connectivity index (χ0) is 11.9. The van der Waals surface area contributed by atoms with Gasteiger partial charge in [0.05, 0.1) is 5.41 Å². The number of carbonyl (C=O) groups excluding carboxylic acids is 1. The van der Waals surface area contributed by atoms with E-state index in [1.165, 1.54) is 0 Å². The first-order valence-electron chi connectivity index (χ1n) is 6.14. The number of rotatable bonds is 4. The van der Waals surface area contributed by atoms with Crippen molar-refractivity contribution in [2.24, 2.45) is 5.41 Å². The van der Waals surface area contributed by atoms with Crippen molar-refractivity contribution in [1.29, 1.82) is 0 Å². The maximum atomic E-state index is 12.1. The van der Waals surface area contributed by atoms with E-state index in [0.717, 1.165) is 38.8 Å². The Kier molecular flexibility index (Phi) is 5.34. The Bertz CT molecular complexity index is 282. The summed E-state index contributed by atoms with van der Waals surface area (Å²) in [6.45, 7) is 6.51. The second-order valence-corrected chi connectivity index (χ2v) is 4.32. The molecule has 3 heteroatoms. The van der Waals surface area contributed by atoms with Crippen LogP contribution in [0.3, 0.4) is 0 Å². The minimum Gasteiger partial charge on any atom is -0.355 e. The highest BCUT2D eigenvalue weighted by Crippen LogP contribution is 2.32. The van der Waals surface area contributed by atoms with Gasteiger partial charge in [0.15, 0.2) is 0 Å². The van der Waals surface area contributed by atoms with Crippen LogP contribution in [0.1, 0.15) is 39.5 Å². The lowest BCUT2D eigenvalue weighted by Gasteiger charge is -2.35. The summed E-state index contributed by atoms with van der Waals surface area (Å²) in [5.74, 6) is 6.01. The molecular formula is C13H22N2O. The SMILES string of the molecule is CC#CCCNC(=O)C1(CC)CCNCC1. The van der Waals surface area contributed by atoms with Crippen LogP contribution in [-0.4, -0.2) is 25.5 Å². The van der Waals surface area contributed by atoms with Gasteiger partial charge in [-0.15, -0.1) is 11.8 Å². The molecule has 1 rings (SSSR count). The highest BCUT2D eigenvalue weighted by atomic mass is 16.2. The van der Waals surface area contributed by atoms with Gasteiger partial charge in [-0.3, -0.25) is 4.79 Å². The second-order valence-electron chi connectivity index (χ2n) is 4.32. The molecule has 0 saturated carbocycles. The molecule has 0 atom stereocenters. The monoisotopic (exact) mass is 222 g/mol. The summed E-state index contributed by atoms with van der Waals surface area (Å²) >= 11 is 0. The molecule has 1 saturated heterocycles. The maximum Gasteiger partial charge on any atom is 0.226 e. The van der Waals surface area contributed by atoms with E-state index in [0.29, 0.717) is 6.54 Å². The Morgan fingerprint density at radius 3 is 2.69 bits per heavy atom. The summed E-state index contributed by atoms with van der Waals surface area (Å²) in [7, 11) is 0. The van der Waals surface area contributed by atoms with Crippen LogP contribution in [0.15, 0.2) is 0 Å². The van der Waals surface area contributed by atoms with Gasteiger partial charge in [-0.1, -0.05) is 6.92 Å². The zero-order valence-electron chi connectivity index (χ0n) is 10.4. The number of hydrogen-bond donors (Lipinski definition) is 2. The third-order valence-corrected chi connectivity index (χ3v) is 3.43. The summed E-state index contributed by atoms with van der Waals surface area (Å²) in [6.07, 6.45) is 3.59. The fourth-order valence-corrected chi connectivity index (χ4v) is 2.20. The van der Waals surface area contributed by atoms with Crippen LogP contribution >= 0.6 is 0 Å². The molecule has 0 aromatic heterocycles. The lowest BCUT2D eigenvalue weighted by molar-refractivity contribution is -0.132. The molecule has 1 amide bonds. The summed E-state index contributed by atoms with van der Waals surface area (Å²) in [4.78, 5) is 12.1. The lowest BCUT2D eigenvalue weighted by atomic mass is 9.76. The normalized spacial score (nSPS) is 18.4. The number of hydrogen-bond acceptors (Lipinski definition) is 2. The van der Waals surface area contributed by atoms with Crippen LogP contribution in [0.5, 0.6) is 0 Å². The highest BCUT2D eigenvalue weighted by molar-refractivity contribution is 5.82. The third kappa shape index (κ3) is 3.24. The van der Waals surface area contributed by atoms with E-state index in [1.54, 1.807) is 0 Å². The van der Waals surface area contributed by atoms with E-state index >= 15 is 0 Å². The molecule has 3 nitrogen and oxygen atoms in total. The van der Waals surface area contributed by atoms with Crippen molar-refractivity contribution in [1.82, 2.24) is 10.6 Å². The Hall–Kier alpha value is -1.01. The average molecular weight is 222 g/mol. The van der Waals surface area contributed by atoms with Gasteiger partial charge in [-0.05, 0) is 39.3 Å². The quantitative estimate of drug-likeness (QED) is 0.556. The Labute approximate surface area is 98.4 Å². The standard InChI is InChI=1S/C13H22N2O/c1-3-5-6-9-15-12(16)13(4-2)7-10-14-11-8-13/h14H,4,6-11H2,1-2H3,(H,15,16). The molecule has 0 bridgehead atoms. The Morgan fingerprint density at radius 2 is 2.12 bits per heavy atom. The highest BCUT2D eigenvalue weighted by Gasteiger charge is 2.37. The molecule has 0 aliphatic carbocycles. The van der Waals surface area contributed by atoms with Crippen molar-refractivity contribution in [3.05, 3.63) is 0 Å². The van der Waals surface area contributed by atoms with E-state index in [1.807, 2.05) is 6.92 Å². The molecule has 0 radical (unpaired) electrons. The van der Waals surface area contributed by atoms with Crippen LogP contribution in [0.2, 0.25) is 0 Å². The van der Waals surface area contributed by atoms with Crippen LogP contribution < -0.4 is 10.6 Å². The summed E-state index contributed by atoms with van der Waals surface area (Å²) < 4.78 is 0. The maximum absolute atomic E-state index is 12.1. The first kappa shape index (κ1) is 13.1. The summed E-state index contributed by atoms with van der Waals surface area (Å²) in [5.41, 5.74) is -0.134. The van der Waals surface area contributed by atoms with Crippen LogP contribution in [-0.2, 0) is 4.79 Å². The molecule has 1 fully saturated rings. The van der Waals surface area contributed by atoms with Gasteiger partial charge in [0.2, 0.25) is 5.91 Å². The number of carbonyl (C=O) groups is 1. The zero-order valence-corrected chi connectivity index (χ0v) is 10.4. The number of nitrogens with one attached hydrogen (secondary N) is 2. The number of amides is 1. The molecule has 0 aromatic rings. The average Bonchev–Trinajstić information content (AvgIpc) is 2.35. The van der Waals surface area contributed by atoms with Crippen LogP contribution in [0, 0.1) is 17.3 Å². The molecule has 1 aliphatic rings. The van der Waals surface area contributed by atoms with Crippen molar-refractivity contribution in [2.75, 3.05) is 19.6 Å². The topological polar surface area (TPSA) is 41.1 Å². The summed E-state index contributed by atoms with van der Waals surface area (Å²) in [6, 6.07) is 0. The largest absolute Gasteiger partial charge is 0.355 e. The van der Waals surface area contributed by atoms with E-state index in [9.17, 15) is 4.79 Å². The number of piperidine rings is 1. The fraction of sp³-hybridized carbons (Fsp3) is 0.769. The molecule has 90 valence electrons. The van der Waals surface area contributed by atoms with Gasteiger partial charge >= 0.3 is 0 Å². The molecular weight excluding hydrogens is 200 g/mol. The van der Waals surface area contributed by atoms with Crippen LogP contribution in [0.25, 0.3) is 0 Å². The van der Waals surface area contributed by atoms with Gasteiger partial charge in [0.25, 0.3) is 0 Å². The van der Waals surface area contributed by atoms with Gasteiger partial charge in [0, 0.05) is 13.0 Å². The lowest BCUT2D eigenvalue weighted by Crippen LogP contribution is -2.47. The van der Waals surface area contributed by atoms with Crippen LogP contribution in [0.4, 0.5) is 0 Å². The van der Waals surface area contributed by atoms with E-state index in [4.69, 9.17) is 0 Å². The minimum absolute atomic E-state index is 0.134. The van der Waals surface area contributed by atoms with Gasteiger partial charge in [0.1, 0.15) is 0 Å². The third-order valence-electron chi connectivity index (χ3n) is 3.43. The smallest absolute Gasteiger partial charge is 0.226 e. The van der Waals surface area contributed by atoms with Crippen molar-refractivity contribution >= 4 is 5.91 Å². The van der Waals surface area contributed by atoms with E-state index < -0.39 is 0 Å². The molecule has 0 aromatic carbocycles. The second kappa shape index (κ2) is 6.55. The molecule has 0 spiro atoms. The van der Waals surface area contributed by atoms with Gasteiger partial charge in [-0.2, -0.15) is 0 Å². The molecule has 2 N–H and O–H groups in total. The van der Waals surface area contributed by atoms with Crippen molar-refractivity contribution in [3.63, 3.8) is 0 Å². The van der Waals surface area contributed by atoms with Gasteiger partial charge in [-0.25, -0.2) is 0 Å². The van der Waals surface area contributed by atoms with Crippen molar-refractivity contribution in [3.8, 4) is 11.8 Å². The van der Waals surface area contributed by atoms with E-state index in [2.05, 4.69) is 29.4 Å². The summed E-state index contributed by atoms with van der Waals surface area (Å²) in [5, 5.41) is 6.31. The van der Waals surface area contributed by atoms with Crippen molar-refractivity contribution < 1.29 is 4.79 Å². The Morgan fingerprint density at radius 1 is 1.44 bits per heavy atom. The van der Waals surface area contributed by atoms with Gasteiger partial charge < -0.3 is 10.6 Å². The Balaban J connectivity index is 2.44. The molecule has 16 heavy (non-hydrogen) atoms. The molecule has 0 unspecified atom stereocenters. The first-order valence-corrected chi connectivity index (χ1v) is 6.14. The van der Waals surface area contributed by atoms with Crippen molar-refractivity contribution in [2.45, 2.75) is 39.5 Å². The predicted molar refractivity (Wildman–Crippen MR) is 65.9 cm³/mol. The molecule has 1 aliphatic heterocycles. The predicted octanol–water partition coefficient (Wildman–Crippen LogP) is 1.30. The van der Waals surface area contributed by atoms with E-state index in [-0.39, 0.29) is 11.3 Å². The molecule has 1 heterocycles. The first-order chi connectivity index (χ1) is 7.75. The minimum atomic E-state index is -0.134. The fourth-order valence-electron chi connectivity index (χ4n) is 2.20.